The fourth-order valence-electron chi connectivity index (χ4n) is 2.77. The van der Waals surface area contributed by atoms with Gasteiger partial charge in [0.1, 0.15) is 17.2 Å². The average molecular weight is 388 g/mol. The van der Waals surface area contributed by atoms with Gasteiger partial charge in [0.25, 0.3) is 0 Å². The Bertz CT molecular complexity index is 898. The molecule has 0 saturated heterocycles. The maximum absolute atomic E-state index is 13.1. The molecular weight excluding hydrogens is 366 g/mol. The van der Waals surface area contributed by atoms with E-state index in [0.29, 0.717) is 22.8 Å². The molecular formula is C22H22LiO4P. The van der Waals surface area contributed by atoms with Crippen LogP contribution in [-0.2, 0) is 0 Å². The zero-order valence-electron chi connectivity index (χ0n) is 17.2. The van der Waals surface area contributed by atoms with E-state index in [1.807, 2.05) is 48.5 Å². The van der Waals surface area contributed by atoms with Gasteiger partial charge in [-0.25, -0.2) is 0 Å². The van der Waals surface area contributed by atoms with E-state index in [-0.39, 0.29) is 26.1 Å². The van der Waals surface area contributed by atoms with Gasteiger partial charge in [-0.2, -0.15) is 0 Å². The van der Waals surface area contributed by atoms with Gasteiger partial charge in [-0.3, -0.25) is 4.79 Å². The molecule has 0 aliphatic heterocycles. The topological polar surface area (TPSA) is 44.8 Å². The van der Waals surface area contributed by atoms with Crippen LogP contribution in [0.3, 0.4) is 0 Å². The Hall–Kier alpha value is -2.24. The van der Waals surface area contributed by atoms with Gasteiger partial charge >= 0.3 is 18.9 Å². The third kappa shape index (κ3) is 4.97. The molecule has 4 nitrogen and oxygen atoms in total. The summed E-state index contributed by atoms with van der Waals surface area (Å²) < 4.78 is 16.9. The maximum Gasteiger partial charge on any atom is 1.00 e. The van der Waals surface area contributed by atoms with E-state index in [2.05, 4.69) is 9.24 Å². The summed E-state index contributed by atoms with van der Waals surface area (Å²) in [6.07, 6.45) is -0.779. The molecule has 0 amide bonds. The zero-order chi connectivity index (χ0) is 19.2. The van der Waals surface area contributed by atoms with Crippen LogP contribution >= 0.6 is 9.24 Å². The van der Waals surface area contributed by atoms with Gasteiger partial charge < -0.3 is 15.6 Å². The van der Waals surface area contributed by atoms with Crippen LogP contribution in [0.5, 0.6) is 17.2 Å². The third-order valence-electron chi connectivity index (χ3n) is 4.17. The Labute approximate surface area is 181 Å². The Morgan fingerprint density at radius 2 is 1.39 bits per heavy atom. The van der Waals surface area contributed by atoms with E-state index in [1.165, 1.54) is 0 Å². The van der Waals surface area contributed by atoms with E-state index in [9.17, 15) is 4.79 Å². The fourth-order valence-corrected chi connectivity index (χ4v) is 3.18. The molecule has 0 aliphatic carbocycles. The molecule has 2 unspecified atom stereocenters. The summed E-state index contributed by atoms with van der Waals surface area (Å²) in [5, 5.41) is 0.790. The zero-order valence-corrected chi connectivity index (χ0v) is 17.4. The second kappa shape index (κ2) is 10.3. The fraction of sp³-hybridized carbons (Fsp3) is 0.136. The maximum atomic E-state index is 13.1. The summed E-state index contributed by atoms with van der Waals surface area (Å²) in [5.74, 6) is 1.59. The molecule has 0 heterocycles. The molecule has 6 heteroatoms. The van der Waals surface area contributed by atoms with Crippen molar-refractivity contribution in [2.75, 3.05) is 14.2 Å². The average Bonchev–Trinajstić information content (AvgIpc) is 2.73. The molecule has 140 valence electrons. The second-order valence-electron chi connectivity index (χ2n) is 5.88. The van der Waals surface area contributed by atoms with Crippen LogP contribution in [0.4, 0.5) is 0 Å². The molecule has 28 heavy (non-hydrogen) atoms. The molecule has 0 spiro atoms. The Morgan fingerprint density at radius 1 is 0.893 bits per heavy atom. The normalized spacial score (nSPS) is 11.1. The number of hydrogen-bond donors (Lipinski definition) is 0. The molecule has 3 aromatic rings. The van der Waals surface area contributed by atoms with Crippen LogP contribution in [0.2, 0.25) is 0 Å². The molecule has 0 fully saturated rings. The van der Waals surface area contributed by atoms with Gasteiger partial charge in [-0.05, 0) is 0 Å². The van der Waals surface area contributed by atoms with Gasteiger partial charge in [0.2, 0.25) is 5.78 Å². The van der Waals surface area contributed by atoms with Crippen LogP contribution in [0.25, 0.3) is 0 Å². The number of benzene rings is 3. The van der Waals surface area contributed by atoms with Gasteiger partial charge in [0.05, 0.1) is 19.5 Å². The van der Waals surface area contributed by atoms with E-state index in [1.54, 1.807) is 38.5 Å². The van der Waals surface area contributed by atoms with Crippen molar-refractivity contribution < 1.29 is 39.3 Å². The quantitative estimate of drug-likeness (QED) is 0.348. The first-order valence-electron chi connectivity index (χ1n) is 8.46. The van der Waals surface area contributed by atoms with Crippen molar-refractivity contribution >= 4 is 20.3 Å². The largest absolute Gasteiger partial charge is 1.00 e. The number of ketones is 1. The number of ether oxygens (including phenoxy) is 3. The molecule has 3 aromatic carbocycles. The van der Waals surface area contributed by atoms with Gasteiger partial charge in [-0.1, -0.05) is 69.9 Å². The SMILES string of the molecule is COc1cc(OC(C(=O)c2ccccc2)c2ccccc2)cc(OC)c1P.[H-].[Li+]. The Balaban J connectivity index is 0.00000210. The molecule has 0 bridgehead atoms. The first-order chi connectivity index (χ1) is 13.1. The van der Waals surface area contributed by atoms with Crippen molar-refractivity contribution in [1.29, 1.82) is 0 Å². The summed E-state index contributed by atoms with van der Waals surface area (Å²) in [7, 11) is 5.75. The van der Waals surface area contributed by atoms with Crippen LogP contribution < -0.4 is 38.4 Å². The van der Waals surface area contributed by atoms with Crippen molar-refractivity contribution in [2.45, 2.75) is 6.10 Å². The van der Waals surface area contributed by atoms with Crippen LogP contribution in [-0.4, -0.2) is 20.0 Å². The minimum absolute atomic E-state index is 0. The number of methoxy groups -OCH3 is 2. The first kappa shape index (κ1) is 22.1. The minimum Gasteiger partial charge on any atom is -1.00 e. The number of rotatable bonds is 7. The molecule has 0 N–H and O–H groups in total. The van der Waals surface area contributed by atoms with Crippen molar-refractivity contribution in [3.8, 4) is 17.2 Å². The van der Waals surface area contributed by atoms with Gasteiger partial charge in [0, 0.05) is 23.3 Å². The number of Topliss-reactive ketones (excluding diaryl/α,β-unsaturated/α-hetero) is 1. The summed E-state index contributed by atoms with van der Waals surface area (Å²) in [4.78, 5) is 13.1. The summed E-state index contributed by atoms with van der Waals surface area (Å²) in [6, 6.07) is 22.1. The van der Waals surface area contributed by atoms with Crippen LogP contribution in [0, 0.1) is 0 Å². The van der Waals surface area contributed by atoms with Crippen molar-refractivity contribution in [2.24, 2.45) is 0 Å². The molecule has 3 rings (SSSR count). The predicted octanol–water partition coefficient (Wildman–Crippen LogP) is 1.32. The van der Waals surface area contributed by atoms with Crippen molar-refractivity contribution in [1.82, 2.24) is 0 Å². The monoisotopic (exact) mass is 388 g/mol. The van der Waals surface area contributed by atoms with Crippen LogP contribution in [0.15, 0.2) is 72.8 Å². The van der Waals surface area contributed by atoms with E-state index >= 15 is 0 Å². The molecule has 0 radical (unpaired) electrons. The van der Waals surface area contributed by atoms with E-state index in [0.717, 1.165) is 10.9 Å². The minimum atomic E-state index is -0.779. The van der Waals surface area contributed by atoms with Gasteiger partial charge in [-0.15, -0.1) is 0 Å². The molecule has 0 aliphatic rings. The number of carbonyl (C=O) groups excluding carboxylic acids is 1. The molecule has 0 saturated carbocycles. The standard InChI is InChI=1S/C22H21O4P.Li.H/c1-24-18-13-17(14-19(25-2)22(18)27)26-21(16-11-7-4-8-12-16)20(23)15-9-5-3-6-10-15;;/h3-14,21H,27H2,1-2H3;;/q;+1;-1. The van der Waals surface area contributed by atoms with E-state index < -0.39 is 6.10 Å². The smallest absolute Gasteiger partial charge is 1.00 e. The predicted molar refractivity (Wildman–Crippen MR) is 111 cm³/mol. The molecule has 2 atom stereocenters. The van der Waals surface area contributed by atoms with Crippen molar-refractivity contribution in [3.05, 3.63) is 83.9 Å². The third-order valence-corrected chi connectivity index (χ3v) is 4.74. The Morgan fingerprint density at radius 3 is 1.89 bits per heavy atom. The van der Waals surface area contributed by atoms with Crippen LogP contribution in [0.1, 0.15) is 23.5 Å². The summed E-state index contributed by atoms with van der Waals surface area (Å²) >= 11 is 0. The number of hydrogen-bond acceptors (Lipinski definition) is 4. The van der Waals surface area contributed by atoms with Gasteiger partial charge in [0.15, 0.2) is 6.10 Å². The molecule has 0 aromatic heterocycles. The Kier molecular flexibility index (Phi) is 8.14. The summed E-state index contributed by atoms with van der Waals surface area (Å²) in [6.45, 7) is 0. The van der Waals surface area contributed by atoms with Crippen molar-refractivity contribution in [3.63, 3.8) is 0 Å². The first-order valence-corrected chi connectivity index (χ1v) is 9.04. The second-order valence-corrected chi connectivity index (χ2v) is 6.46. The summed E-state index contributed by atoms with van der Waals surface area (Å²) in [5.41, 5.74) is 1.37. The van der Waals surface area contributed by atoms with E-state index in [4.69, 9.17) is 14.2 Å². The number of carbonyl (C=O) groups is 1.